The fourth-order valence-electron chi connectivity index (χ4n) is 0.302. The molecule has 0 unspecified atom stereocenters. The van der Waals surface area contributed by atoms with Crippen molar-refractivity contribution in [3.63, 3.8) is 0 Å². The number of aliphatic hydroxyl groups is 1. The van der Waals surface area contributed by atoms with Gasteiger partial charge in [-0.1, -0.05) is 6.58 Å². The molecule has 0 amide bonds. The summed E-state index contributed by atoms with van der Waals surface area (Å²) in [4.78, 5) is 9.86. The largest absolute Gasteiger partial charge is 0.394 e. The van der Waals surface area contributed by atoms with Crippen LogP contribution >= 0.6 is 0 Å². The second kappa shape index (κ2) is 5.47. The molecule has 0 rings (SSSR count). The molecular weight excluding hydrogens is 120 g/mol. The van der Waals surface area contributed by atoms with Crippen molar-refractivity contribution in [1.29, 1.82) is 0 Å². The van der Waals surface area contributed by atoms with Gasteiger partial charge in [-0.05, 0) is 0 Å². The first-order valence-corrected chi connectivity index (χ1v) is 2.63. The molecule has 9 heavy (non-hydrogen) atoms. The van der Waals surface area contributed by atoms with Crippen molar-refractivity contribution >= 4 is 6.29 Å². The summed E-state index contributed by atoms with van der Waals surface area (Å²) < 4.78 is 4.75. The summed E-state index contributed by atoms with van der Waals surface area (Å²) in [6, 6.07) is 0. The quantitative estimate of drug-likeness (QED) is 0.317. The number of ether oxygens (including phenoxy) is 1. The molecule has 0 fully saturated rings. The summed E-state index contributed by atoms with van der Waals surface area (Å²) >= 11 is 0. The Morgan fingerprint density at radius 2 is 2.44 bits per heavy atom. The lowest BCUT2D eigenvalue weighted by atomic mass is 10.4. The molecule has 0 spiro atoms. The Bertz CT molecular complexity index is 98.5. The molecule has 3 nitrogen and oxygen atoms in total. The van der Waals surface area contributed by atoms with Gasteiger partial charge < -0.3 is 9.84 Å². The number of aldehydes is 1. The van der Waals surface area contributed by atoms with Crippen LogP contribution in [0.3, 0.4) is 0 Å². The number of hydrogen-bond donors (Lipinski definition) is 1. The average molecular weight is 130 g/mol. The third-order valence-corrected chi connectivity index (χ3v) is 0.690. The standard InChI is InChI=1S/C6H10O3/c1-6(4-8)5-9-3-2-7/h4,7H,1-3,5H2. The van der Waals surface area contributed by atoms with Gasteiger partial charge in [0.1, 0.15) is 6.29 Å². The maximum absolute atomic E-state index is 9.86. The first kappa shape index (κ1) is 8.33. The van der Waals surface area contributed by atoms with Crippen LogP contribution in [0.15, 0.2) is 12.2 Å². The minimum Gasteiger partial charge on any atom is -0.394 e. The Balaban J connectivity index is 3.07. The predicted octanol–water partition coefficient (Wildman–Crippen LogP) is -0.250. The normalized spacial score (nSPS) is 9.00. The van der Waals surface area contributed by atoms with Crippen LogP contribution in [0.1, 0.15) is 0 Å². The van der Waals surface area contributed by atoms with Crippen molar-refractivity contribution < 1.29 is 14.6 Å². The van der Waals surface area contributed by atoms with Gasteiger partial charge >= 0.3 is 0 Å². The maximum Gasteiger partial charge on any atom is 0.147 e. The molecule has 1 N–H and O–H groups in total. The molecule has 0 aromatic heterocycles. The predicted molar refractivity (Wildman–Crippen MR) is 33.1 cm³/mol. The van der Waals surface area contributed by atoms with Crippen molar-refractivity contribution in [2.75, 3.05) is 19.8 Å². The molecule has 0 aliphatic carbocycles. The van der Waals surface area contributed by atoms with Crippen molar-refractivity contribution in [3.8, 4) is 0 Å². The van der Waals surface area contributed by atoms with E-state index in [0.29, 0.717) is 11.9 Å². The number of hydrogen-bond acceptors (Lipinski definition) is 3. The fourth-order valence-corrected chi connectivity index (χ4v) is 0.302. The van der Waals surface area contributed by atoms with Crippen LogP contribution < -0.4 is 0 Å². The summed E-state index contributed by atoms with van der Waals surface area (Å²) in [5.41, 5.74) is 0.392. The summed E-state index contributed by atoms with van der Waals surface area (Å²) in [6.45, 7) is 3.82. The van der Waals surface area contributed by atoms with E-state index in [1.165, 1.54) is 0 Å². The van der Waals surface area contributed by atoms with Crippen molar-refractivity contribution in [2.24, 2.45) is 0 Å². The lowest BCUT2D eigenvalue weighted by molar-refractivity contribution is -0.105. The first-order valence-electron chi connectivity index (χ1n) is 2.63. The number of aliphatic hydroxyl groups excluding tert-OH is 1. The average Bonchev–Trinajstić information content (AvgIpc) is 1.89. The molecule has 0 aliphatic rings. The van der Waals surface area contributed by atoms with Crippen LogP contribution in [0, 0.1) is 0 Å². The third-order valence-electron chi connectivity index (χ3n) is 0.690. The van der Waals surface area contributed by atoms with Gasteiger partial charge in [0.05, 0.1) is 19.8 Å². The van der Waals surface area contributed by atoms with Crippen LogP contribution in [-0.4, -0.2) is 31.2 Å². The first-order chi connectivity index (χ1) is 4.31. The van der Waals surface area contributed by atoms with E-state index in [4.69, 9.17) is 9.84 Å². The molecule has 3 heteroatoms. The van der Waals surface area contributed by atoms with Crippen LogP contribution in [0.25, 0.3) is 0 Å². The highest BCUT2D eigenvalue weighted by Crippen LogP contribution is 1.84. The SMILES string of the molecule is C=C(C=O)COCCO. The van der Waals surface area contributed by atoms with Gasteiger partial charge in [-0.3, -0.25) is 4.79 Å². The molecule has 0 atom stereocenters. The van der Waals surface area contributed by atoms with Gasteiger partial charge in [-0.25, -0.2) is 0 Å². The molecule has 0 radical (unpaired) electrons. The van der Waals surface area contributed by atoms with E-state index in [9.17, 15) is 4.79 Å². The zero-order valence-corrected chi connectivity index (χ0v) is 5.17. The Kier molecular flexibility index (Phi) is 5.06. The Morgan fingerprint density at radius 1 is 1.78 bits per heavy atom. The van der Waals surface area contributed by atoms with E-state index >= 15 is 0 Å². The van der Waals surface area contributed by atoms with Crippen LogP contribution in [0.4, 0.5) is 0 Å². The summed E-state index contributed by atoms with van der Waals surface area (Å²) in [7, 11) is 0. The number of rotatable bonds is 5. The van der Waals surface area contributed by atoms with Crippen molar-refractivity contribution in [2.45, 2.75) is 0 Å². The van der Waals surface area contributed by atoms with E-state index in [0.717, 1.165) is 0 Å². The fraction of sp³-hybridized carbons (Fsp3) is 0.500. The lowest BCUT2D eigenvalue weighted by Gasteiger charge is -1.97. The van der Waals surface area contributed by atoms with Crippen LogP contribution in [0.2, 0.25) is 0 Å². The second-order valence-electron chi connectivity index (χ2n) is 1.55. The molecular formula is C6H10O3. The summed E-state index contributed by atoms with van der Waals surface area (Å²) in [6.07, 6.45) is 0.636. The van der Waals surface area contributed by atoms with Crippen LogP contribution in [-0.2, 0) is 9.53 Å². The third kappa shape index (κ3) is 5.20. The molecule has 0 aromatic carbocycles. The van der Waals surface area contributed by atoms with Gasteiger partial charge in [0, 0.05) is 5.57 Å². The molecule has 52 valence electrons. The zero-order chi connectivity index (χ0) is 7.11. The summed E-state index contributed by atoms with van der Waals surface area (Å²) in [5, 5.41) is 8.21. The Morgan fingerprint density at radius 3 is 2.89 bits per heavy atom. The zero-order valence-electron chi connectivity index (χ0n) is 5.17. The van der Waals surface area contributed by atoms with Gasteiger partial charge in [0.15, 0.2) is 0 Å². The highest BCUT2D eigenvalue weighted by molar-refractivity contribution is 5.72. The van der Waals surface area contributed by atoms with E-state index in [2.05, 4.69) is 6.58 Å². The van der Waals surface area contributed by atoms with Gasteiger partial charge in [0.2, 0.25) is 0 Å². The van der Waals surface area contributed by atoms with E-state index in [-0.39, 0.29) is 19.8 Å². The van der Waals surface area contributed by atoms with E-state index < -0.39 is 0 Å². The molecule has 0 heterocycles. The van der Waals surface area contributed by atoms with Gasteiger partial charge in [0.25, 0.3) is 0 Å². The summed E-state index contributed by atoms with van der Waals surface area (Å²) in [5.74, 6) is 0. The number of carbonyl (C=O) groups excluding carboxylic acids is 1. The number of carbonyl (C=O) groups is 1. The second-order valence-corrected chi connectivity index (χ2v) is 1.55. The highest BCUT2D eigenvalue weighted by Gasteiger charge is 1.88. The van der Waals surface area contributed by atoms with Crippen molar-refractivity contribution in [1.82, 2.24) is 0 Å². The van der Waals surface area contributed by atoms with Gasteiger partial charge in [-0.15, -0.1) is 0 Å². The lowest BCUT2D eigenvalue weighted by Crippen LogP contribution is -2.02. The molecule has 0 bridgehead atoms. The van der Waals surface area contributed by atoms with E-state index in [1.54, 1.807) is 0 Å². The van der Waals surface area contributed by atoms with E-state index in [1.807, 2.05) is 0 Å². The molecule has 0 saturated carbocycles. The maximum atomic E-state index is 9.86. The molecule has 0 aromatic rings. The minimum absolute atomic E-state index is 0.0217. The Labute approximate surface area is 53.9 Å². The van der Waals surface area contributed by atoms with Crippen molar-refractivity contribution in [3.05, 3.63) is 12.2 Å². The van der Waals surface area contributed by atoms with Crippen LogP contribution in [0.5, 0.6) is 0 Å². The highest BCUT2D eigenvalue weighted by atomic mass is 16.5. The molecule has 0 aliphatic heterocycles. The Hall–Kier alpha value is -0.670. The minimum atomic E-state index is -0.0217. The molecule has 0 saturated heterocycles. The smallest absolute Gasteiger partial charge is 0.147 e. The monoisotopic (exact) mass is 130 g/mol. The topological polar surface area (TPSA) is 46.5 Å². The van der Waals surface area contributed by atoms with Gasteiger partial charge in [-0.2, -0.15) is 0 Å².